The summed E-state index contributed by atoms with van der Waals surface area (Å²) in [7, 11) is 0. The molecule has 0 aliphatic heterocycles. The molecular weight excluding hydrogens is 502 g/mol. The quantitative estimate of drug-likeness (QED) is 0.289. The van der Waals surface area contributed by atoms with Crippen molar-refractivity contribution in [2.75, 3.05) is 0 Å². The van der Waals surface area contributed by atoms with Gasteiger partial charge >= 0.3 is 4.87 Å². The fourth-order valence-electron chi connectivity index (χ4n) is 3.01. The van der Waals surface area contributed by atoms with Gasteiger partial charge in [0.25, 0.3) is 5.91 Å². The zero-order valence-corrected chi connectivity index (χ0v) is 19.0. The van der Waals surface area contributed by atoms with Gasteiger partial charge in [-0.25, -0.2) is 5.43 Å². The number of amides is 1. The van der Waals surface area contributed by atoms with Crippen LogP contribution in [-0.2, 0) is 6.54 Å². The van der Waals surface area contributed by atoms with Crippen molar-refractivity contribution in [2.24, 2.45) is 5.10 Å². The molecule has 0 saturated heterocycles. The molecule has 0 fully saturated rings. The Hall–Kier alpha value is -2.94. The van der Waals surface area contributed by atoms with E-state index in [1.807, 2.05) is 48.5 Å². The number of nitrogens with zero attached hydrogens (tertiary/aromatic N) is 2. The zero-order valence-electron chi connectivity index (χ0n) is 15.9. The van der Waals surface area contributed by atoms with Crippen LogP contribution in [0.3, 0.4) is 0 Å². The van der Waals surface area contributed by atoms with Gasteiger partial charge in [0, 0.05) is 4.47 Å². The Morgan fingerprint density at radius 2 is 1.84 bits per heavy atom. The number of hydrogen-bond acceptors (Lipinski definition) is 5. The fraction of sp³-hybridized carbons (Fsp3) is 0.0455. The van der Waals surface area contributed by atoms with Gasteiger partial charge in [0.1, 0.15) is 10.9 Å². The van der Waals surface area contributed by atoms with E-state index in [2.05, 4.69) is 26.5 Å². The standard InChI is InChI=1S/C22H15BrClN3O3S/c23-16-7-5-13(6-8-16)12-27-20(24)19(31-22(27)30)11-25-26-21(29)17-9-14-3-1-2-4-15(14)10-18(17)28/h1-11,28H,12H2,(H,26,29). The number of thiazole rings is 1. The molecule has 1 amide bonds. The summed E-state index contributed by atoms with van der Waals surface area (Å²) in [6.07, 6.45) is 1.32. The zero-order chi connectivity index (χ0) is 22.0. The molecule has 0 unspecified atom stereocenters. The van der Waals surface area contributed by atoms with Gasteiger partial charge in [0.15, 0.2) is 0 Å². The number of rotatable bonds is 5. The van der Waals surface area contributed by atoms with Crippen molar-refractivity contribution in [1.29, 1.82) is 0 Å². The summed E-state index contributed by atoms with van der Waals surface area (Å²) in [6.45, 7) is 0.326. The number of benzene rings is 3. The molecule has 156 valence electrons. The molecule has 0 radical (unpaired) electrons. The van der Waals surface area contributed by atoms with E-state index in [0.29, 0.717) is 11.4 Å². The minimum absolute atomic E-state index is 0.0999. The second-order valence-corrected chi connectivity index (χ2v) is 8.92. The molecule has 0 atom stereocenters. The number of halogens is 2. The number of aromatic nitrogens is 1. The van der Waals surface area contributed by atoms with E-state index < -0.39 is 5.91 Å². The van der Waals surface area contributed by atoms with E-state index in [1.54, 1.807) is 6.07 Å². The largest absolute Gasteiger partial charge is 0.507 e. The fourth-order valence-corrected chi connectivity index (χ4v) is 4.38. The molecule has 4 aromatic rings. The molecule has 0 saturated carbocycles. The van der Waals surface area contributed by atoms with Crippen molar-refractivity contribution in [3.8, 4) is 5.75 Å². The number of phenols is 1. The first-order chi connectivity index (χ1) is 14.9. The Kier molecular flexibility index (Phi) is 6.22. The van der Waals surface area contributed by atoms with Gasteiger partial charge in [-0.2, -0.15) is 5.10 Å². The van der Waals surface area contributed by atoms with E-state index in [9.17, 15) is 14.7 Å². The molecule has 2 N–H and O–H groups in total. The van der Waals surface area contributed by atoms with Crippen LogP contribution in [0.5, 0.6) is 5.75 Å². The maximum absolute atomic E-state index is 12.4. The molecule has 9 heteroatoms. The van der Waals surface area contributed by atoms with Gasteiger partial charge in [0.05, 0.1) is 23.2 Å². The van der Waals surface area contributed by atoms with E-state index in [1.165, 1.54) is 16.8 Å². The lowest BCUT2D eigenvalue weighted by atomic mass is 10.1. The van der Waals surface area contributed by atoms with Gasteiger partial charge in [-0.3, -0.25) is 14.2 Å². The molecule has 0 spiro atoms. The summed E-state index contributed by atoms with van der Waals surface area (Å²) >= 11 is 10.7. The molecule has 31 heavy (non-hydrogen) atoms. The van der Waals surface area contributed by atoms with Crippen LogP contribution >= 0.6 is 38.9 Å². The monoisotopic (exact) mass is 515 g/mol. The summed E-state index contributed by atoms with van der Waals surface area (Å²) in [6, 6.07) is 18.1. The lowest BCUT2D eigenvalue weighted by molar-refractivity contribution is 0.0952. The van der Waals surface area contributed by atoms with Crippen molar-refractivity contribution in [3.63, 3.8) is 0 Å². The van der Waals surface area contributed by atoms with Crippen LogP contribution < -0.4 is 10.3 Å². The van der Waals surface area contributed by atoms with Gasteiger partial charge in [0.2, 0.25) is 0 Å². The number of phenolic OH excluding ortho intramolecular Hbond substituents is 1. The third kappa shape index (κ3) is 4.71. The highest BCUT2D eigenvalue weighted by Gasteiger charge is 2.14. The molecule has 0 aliphatic carbocycles. The van der Waals surface area contributed by atoms with Crippen molar-refractivity contribution < 1.29 is 9.90 Å². The first-order valence-electron chi connectivity index (χ1n) is 9.11. The van der Waals surface area contributed by atoms with Gasteiger partial charge in [-0.15, -0.1) is 0 Å². The van der Waals surface area contributed by atoms with Crippen LogP contribution in [0.1, 0.15) is 20.8 Å². The number of carbonyl (C=O) groups excluding carboxylic acids is 1. The van der Waals surface area contributed by atoms with Crippen LogP contribution in [0.25, 0.3) is 10.8 Å². The van der Waals surface area contributed by atoms with Crippen molar-refractivity contribution >= 4 is 61.8 Å². The van der Waals surface area contributed by atoms with Crippen molar-refractivity contribution in [1.82, 2.24) is 9.99 Å². The number of hydrazone groups is 1. The van der Waals surface area contributed by atoms with Crippen molar-refractivity contribution in [3.05, 3.63) is 96.0 Å². The lowest BCUT2D eigenvalue weighted by Gasteiger charge is -2.05. The van der Waals surface area contributed by atoms with Crippen LogP contribution in [0, 0.1) is 0 Å². The number of fused-ring (bicyclic) bond motifs is 1. The molecule has 4 rings (SSSR count). The maximum atomic E-state index is 12.4. The SMILES string of the molecule is O=C(NN=Cc1sc(=O)n(Cc2ccc(Br)cc2)c1Cl)c1cc2ccccc2cc1O. The molecule has 0 aliphatic rings. The number of aromatic hydroxyl groups is 1. The van der Waals surface area contributed by atoms with E-state index in [-0.39, 0.29) is 21.3 Å². The van der Waals surface area contributed by atoms with Gasteiger partial charge in [-0.1, -0.05) is 75.3 Å². The molecule has 0 bridgehead atoms. The first kappa shape index (κ1) is 21.3. The molecule has 1 heterocycles. The Morgan fingerprint density at radius 1 is 1.16 bits per heavy atom. The number of carbonyl (C=O) groups is 1. The first-order valence-corrected chi connectivity index (χ1v) is 11.1. The lowest BCUT2D eigenvalue weighted by Crippen LogP contribution is -2.17. The second kappa shape index (κ2) is 9.05. The summed E-state index contributed by atoms with van der Waals surface area (Å²) in [5.41, 5.74) is 3.39. The predicted octanol–water partition coefficient (Wildman–Crippen LogP) is 5.00. The number of hydrogen-bond donors (Lipinski definition) is 2. The summed E-state index contributed by atoms with van der Waals surface area (Å²) < 4.78 is 2.38. The topological polar surface area (TPSA) is 83.7 Å². The van der Waals surface area contributed by atoms with Crippen molar-refractivity contribution in [2.45, 2.75) is 6.54 Å². The average molecular weight is 517 g/mol. The molecule has 1 aromatic heterocycles. The summed E-state index contributed by atoms with van der Waals surface area (Å²) in [5.74, 6) is -0.716. The Morgan fingerprint density at radius 3 is 2.55 bits per heavy atom. The highest BCUT2D eigenvalue weighted by Crippen LogP contribution is 2.25. The molecular formula is C22H15BrClN3O3S. The molecule has 6 nitrogen and oxygen atoms in total. The molecule has 3 aromatic carbocycles. The average Bonchev–Trinajstić information content (AvgIpc) is 3.02. The second-order valence-electron chi connectivity index (χ2n) is 6.65. The van der Waals surface area contributed by atoms with Crippen LogP contribution in [0.4, 0.5) is 0 Å². The third-order valence-electron chi connectivity index (χ3n) is 4.57. The minimum Gasteiger partial charge on any atom is -0.507 e. The maximum Gasteiger partial charge on any atom is 0.309 e. The van der Waals surface area contributed by atoms with Crippen LogP contribution in [0.2, 0.25) is 5.15 Å². The van der Waals surface area contributed by atoms with E-state index in [0.717, 1.165) is 32.1 Å². The summed E-state index contributed by atoms with van der Waals surface area (Å²) in [5, 5.41) is 15.9. The third-order valence-corrected chi connectivity index (χ3v) is 6.53. The van der Waals surface area contributed by atoms with Crippen LogP contribution in [0.15, 0.2) is 75.0 Å². The highest BCUT2D eigenvalue weighted by molar-refractivity contribution is 9.10. The Balaban J connectivity index is 1.50. The van der Waals surface area contributed by atoms with E-state index in [4.69, 9.17) is 11.6 Å². The predicted molar refractivity (Wildman–Crippen MR) is 128 cm³/mol. The summed E-state index contributed by atoms with van der Waals surface area (Å²) in [4.78, 5) is 25.0. The van der Waals surface area contributed by atoms with Gasteiger partial charge in [-0.05, 0) is 40.6 Å². The smallest absolute Gasteiger partial charge is 0.309 e. The normalized spacial score (nSPS) is 11.3. The van der Waals surface area contributed by atoms with Gasteiger partial charge < -0.3 is 5.11 Å². The minimum atomic E-state index is -0.572. The van der Waals surface area contributed by atoms with E-state index >= 15 is 0 Å². The number of nitrogens with one attached hydrogen (secondary N) is 1. The highest BCUT2D eigenvalue weighted by atomic mass is 79.9. The Bertz CT molecular complexity index is 1360. The Labute approximate surface area is 194 Å². The van der Waals surface area contributed by atoms with Crippen LogP contribution in [-0.4, -0.2) is 21.8 Å².